The molecular formula is C25H21FN2O2S. The second kappa shape index (κ2) is 7.54. The third-order valence-electron chi connectivity index (χ3n) is 5.93. The smallest absolute Gasteiger partial charge is 0.269 e. The van der Waals surface area contributed by atoms with Gasteiger partial charge in [-0.25, -0.2) is 4.39 Å². The van der Waals surface area contributed by atoms with Crippen molar-refractivity contribution in [2.75, 3.05) is 15.6 Å². The second-order valence-corrected chi connectivity index (χ2v) is 8.85. The molecule has 1 spiro atoms. The van der Waals surface area contributed by atoms with E-state index in [-0.39, 0.29) is 29.9 Å². The molecule has 0 aromatic heterocycles. The minimum absolute atomic E-state index is 0.103. The highest BCUT2D eigenvalue weighted by Crippen LogP contribution is 2.56. The van der Waals surface area contributed by atoms with Gasteiger partial charge in [0.2, 0.25) is 10.8 Å². The van der Waals surface area contributed by atoms with Crippen molar-refractivity contribution in [2.24, 2.45) is 0 Å². The summed E-state index contributed by atoms with van der Waals surface area (Å²) in [6.45, 7) is 2.17. The van der Waals surface area contributed by atoms with Crippen molar-refractivity contribution in [3.8, 4) is 0 Å². The molecule has 0 bridgehead atoms. The molecule has 0 aliphatic carbocycles. The van der Waals surface area contributed by atoms with Crippen LogP contribution in [0.3, 0.4) is 0 Å². The van der Waals surface area contributed by atoms with Gasteiger partial charge in [0, 0.05) is 16.8 Å². The Labute approximate surface area is 184 Å². The Morgan fingerprint density at radius 2 is 1.77 bits per heavy atom. The number of para-hydroxylation sites is 1. The Balaban J connectivity index is 1.65. The van der Waals surface area contributed by atoms with Crippen molar-refractivity contribution in [3.05, 3.63) is 95.3 Å². The van der Waals surface area contributed by atoms with Gasteiger partial charge in [-0.15, -0.1) is 11.8 Å². The van der Waals surface area contributed by atoms with E-state index in [1.807, 2.05) is 48.5 Å². The van der Waals surface area contributed by atoms with Gasteiger partial charge in [0.05, 0.1) is 18.0 Å². The average Bonchev–Trinajstić information content (AvgIpc) is 3.26. The lowest BCUT2D eigenvalue weighted by Crippen LogP contribution is -2.49. The maximum atomic E-state index is 14.4. The summed E-state index contributed by atoms with van der Waals surface area (Å²) in [5.41, 5.74) is 3.74. The molecule has 31 heavy (non-hydrogen) atoms. The van der Waals surface area contributed by atoms with Gasteiger partial charge in [0.25, 0.3) is 5.91 Å². The summed E-state index contributed by atoms with van der Waals surface area (Å²) in [6.07, 6.45) is 0.833. The summed E-state index contributed by atoms with van der Waals surface area (Å²) in [4.78, 5) is 29.1. The molecule has 6 heteroatoms. The third-order valence-corrected chi connectivity index (χ3v) is 7.31. The summed E-state index contributed by atoms with van der Waals surface area (Å²) in [7, 11) is 0. The fourth-order valence-electron chi connectivity index (χ4n) is 4.42. The number of nitrogens with zero attached hydrogens (tertiary/aromatic N) is 2. The number of hydrogen-bond donors (Lipinski definition) is 0. The standard InChI is InChI=1S/C25H21FN2O2S/c1-2-17-8-7-10-19(14-17)28-23(29)16-31-25(28)20-11-4-6-13-22(20)27(24(25)30)15-18-9-3-5-12-21(18)26/h3-14H,2,15-16H2,1H3/t25-/m1/s1. The molecule has 0 saturated carbocycles. The molecule has 1 atom stereocenters. The van der Waals surface area contributed by atoms with Crippen LogP contribution in [0.25, 0.3) is 0 Å². The Morgan fingerprint density at radius 3 is 2.58 bits per heavy atom. The largest absolute Gasteiger partial charge is 0.304 e. The predicted molar refractivity (Wildman–Crippen MR) is 121 cm³/mol. The number of aryl methyl sites for hydroxylation is 1. The van der Waals surface area contributed by atoms with Gasteiger partial charge in [-0.05, 0) is 36.2 Å². The van der Waals surface area contributed by atoms with Crippen LogP contribution in [-0.2, 0) is 27.4 Å². The zero-order valence-corrected chi connectivity index (χ0v) is 17.9. The van der Waals surface area contributed by atoms with Crippen LogP contribution in [-0.4, -0.2) is 17.6 Å². The number of amides is 2. The molecule has 2 aliphatic rings. The highest BCUT2D eigenvalue weighted by Gasteiger charge is 2.60. The van der Waals surface area contributed by atoms with Gasteiger partial charge in [-0.3, -0.25) is 14.5 Å². The van der Waals surface area contributed by atoms with E-state index in [1.165, 1.54) is 17.8 Å². The van der Waals surface area contributed by atoms with Crippen molar-refractivity contribution >= 4 is 35.0 Å². The summed E-state index contributed by atoms with van der Waals surface area (Å²) in [5.74, 6) is -0.454. The number of carbonyl (C=O) groups excluding carboxylic acids is 2. The van der Waals surface area contributed by atoms with Crippen molar-refractivity contribution < 1.29 is 14.0 Å². The molecule has 0 unspecified atom stereocenters. The van der Waals surface area contributed by atoms with Crippen LogP contribution in [0.2, 0.25) is 0 Å². The summed E-state index contributed by atoms with van der Waals surface area (Å²) < 4.78 is 14.4. The first kappa shape index (κ1) is 19.8. The summed E-state index contributed by atoms with van der Waals surface area (Å²) in [6, 6.07) is 21.8. The molecule has 1 fully saturated rings. The molecule has 3 aromatic rings. The number of carbonyl (C=O) groups is 2. The number of halogens is 1. The van der Waals surface area contributed by atoms with Crippen molar-refractivity contribution in [1.82, 2.24) is 0 Å². The lowest BCUT2D eigenvalue weighted by molar-refractivity contribution is -0.123. The summed E-state index contributed by atoms with van der Waals surface area (Å²) >= 11 is 1.34. The highest BCUT2D eigenvalue weighted by molar-refractivity contribution is 8.02. The Kier molecular flexibility index (Phi) is 4.82. The van der Waals surface area contributed by atoms with Crippen LogP contribution in [0.4, 0.5) is 15.8 Å². The number of hydrogen-bond acceptors (Lipinski definition) is 3. The molecule has 1 saturated heterocycles. The molecule has 0 N–H and O–H groups in total. The predicted octanol–water partition coefficient (Wildman–Crippen LogP) is 4.87. The number of rotatable bonds is 4. The number of benzene rings is 3. The first-order valence-corrected chi connectivity index (χ1v) is 11.3. The fourth-order valence-corrected chi connectivity index (χ4v) is 5.78. The van der Waals surface area contributed by atoms with Crippen molar-refractivity contribution in [1.29, 1.82) is 0 Å². The van der Waals surface area contributed by atoms with Gasteiger partial charge in [0.15, 0.2) is 0 Å². The molecule has 0 radical (unpaired) electrons. The molecule has 5 rings (SSSR count). The van der Waals surface area contributed by atoms with Gasteiger partial charge in [-0.2, -0.15) is 0 Å². The third kappa shape index (κ3) is 2.97. The SMILES string of the molecule is CCc1cccc(N2C(=O)CS[C@]23C(=O)N(Cc2ccccc2F)c2ccccc23)c1. The maximum Gasteiger partial charge on any atom is 0.269 e. The van der Waals surface area contributed by atoms with Gasteiger partial charge in [-0.1, -0.05) is 55.5 Å². The monoisotopic (exact) mass is 432 g/mol. The zero-order chi connectivity index (χ0) is 21.6. The molecule has 2 aliphatic heterocycles. The van der Waals surface area contributed by atoms with E-state index in [9.17, 15) is 14.0 Å². The molecule has 3 aromatic carbocycles. The normalized spacial score (nSPS) is 20.1. The number of anilines is 2. The van der Waals surface area contributed by atoms with E-state index in [0.29, 0.717) is 11.3 Å². The van der Waals surface area contributed by atoms with Crippen LogP contribution in [0, 0.1) is 5.82 Å². The zero-order valence-electron chi connectivity index (χ0n) is 17.0. The fraction of sp³-hybridized carbons (Fsp3) is 0.200. The average molecular weight is 433 g/mol. The lowest BCUT2D eigenvalue weighted by atomic mass is 10.0. The number of thioether (sulfide) groups is 1. The molecule has 2 amide bonds. The van der Waals surface area contributed by atoms with E-state index < -0.39 is 4.87 Å². The van der Waals surface area contributed by atoms with E-state index >= 15 is 0 Å². The maximum absolute atomic E-state index is 14.4. The van der Waals surface area contributed by atoms with Crippen molar-refractivity contribution in [3.63, 3.8) is 0 Å². The van der Waals surface area contributed by atoms with E-state index in [0.717, 1.165) is 23.2 Å². The van der Waals surface area contributed by atoms with Crippen LogP contribution in [0.15, 0.2) is 72.8 Å². The van der Waals surface area contributed by atoms with E-state index in [1.54, 1.807) is 28.0 Å². The minimum atomic E-state index is -1.18. The van der Waals surface area contributed by atoms with Crippen LogP contribution in [0.1, 0.15) is 23.6 Å². The Bertz CT molecular complexity index is 1200. The van der Waals surface area contributed by atoms with Gasteiger partial charge in [0.1, 0.15) is 5.82 Å². The van der Waals surface area contributed by atoms with Crippen LogP contribution >= 0.6 is 11.8 Å². The quantitative estimate of drug-likeness (QED) is 0.591. The summed E-state index contributed by atoms with van der Waals surface area (Å²) in [5, 5.41) is 0. The molecule has 4 nitrogen and oxygen atoms in total. The van der Waals surface area contributed by atoms with Crippen molar-refractivity contribution in [2.45, 2.75) is 24.8 Å². The molecular weight excluding hydrogens is 411 g/mol. The van der Waals surface area contributed by atoms with Gasteiger partial charge >= 0.3 is 0 Å². The minimum Gasteiger partial charge on any atom is -0.304 e. The lowest BCUT2D eigenvalue weighted by Gasteiger charge is -2.33. The molecule has 156 valence electrons. The first-order chi connectivity index (χ1) is 15.1. The first-order valence-electron chi connectivity index (χ1n) is 10.3. The van der Waals surface area contributed by atoms with Gasteiger partial charge < -0.3 is 4.90 Å². The number of fused-ring (bicyclic) bond motifs is 2. The van der Waals surface area contributed by atoms with Crippen LogP contribution < -0.4 is 9.80 Å². The topological polar surface area (TPSA) is 40.6 Å². The molecule has 2 heterocycles. The Hall–Kier alpha value is -3.12. The van der Waals surface area contributed by atoms with E-state index in [4.69, 9.17) is 0 Å². The van der Waals surface area contributed by atoms with Crippen LogP contribution in [0.5, 0.6) is 0 Å². The highest BCUT2D eigenvalue weighted by atomic mass is 32.2. The Morgan fingerprint density at radius 1 is 1.00 bits per heavy atom. The second-order valence-electron chi connectivity index (χ2n) is 7.69. The van der Waals surface area contributed by atoms with E-state index in [2.05, 4.69) is 6.92 Å².